The molecule has 0 saturated carbocycles. The summed E-state index contributed by atoms with van der Waals surface area (Å²) in [6.45, 7) is -0.531. The lowest BCUT2D eigenvalue weighted by Gasteiger charge is -2.20. The number of esters is 1. The number of methoxy groups -OCH3 is 1. The van der Waals surface area contributed by atoms with Gasteiger partial charge >= 0.3 is 12.1 Å². The van der Waals surface area contributed by atoms with Gasteiger partial charge in [-0.3, -0.25) is 14.4 Å². The van der Waals surface area contributed by atoms with E-state index in [4.69, 9.17) is 9.47 Å². The molecule has 10 heteroatoms. The molecule has 0 aliphatic carbocycles. The number of benzene rings is 3. The number of amides is 2. The average Bonchev–Trinajstić information content (AvgIpc) is 2.86. The Balaban J connectivity index is 1.77. The first-order chi connectivity index (χ1) is 16.7. The molecule has 2 N–H and O–H groups in total. The summed E-state index contributed by atoms with van der Waals surface area (Å²) in [5.41, 5.74) is -0.639. The fraction of sp³-hybridized carbons (Fsp3) is 0.160. The Morgan fingerprint density at radius 1 is 0.914 bits per heavy atom. The zero-order valence-corrected chi connectivity index (χ0v) is 18.5. The molecule has 0 fully saturated rings. The molecule has 0 aromatic heterocycles. The van der Waals surface area contributed by atoms with E-state index in [1.54, 1.807) is 48.5 Å². The minimum absolute atomic E-state index is 0.0142. The highest BCUT2D eigenvalue weighted by atomic mass is 19.4. The second-order valence-electron chi connectivity index (χ2n) is 7.23. The second-order valence-corrected chi connectivity index (χ2v) is 7.23. The molecule has 1 unspecified atom stereocenters. The van der Waals surface area contributed by atoms with Gasteiger partial charge in [-0.25, -0.2) is 0 Å². The van der Waals surface area contributed by atoms with Crippen molar-refractivity contribution in [1.82, 2.24) is 5.32 Å². The van der Waals surface area contributed by atoms with Gasteiger partial charge in [0.05, 0.1) is 18.4 Å². The summed E-state index contributed by atoms with van der Waals surface area (Å²) in [6.07, 6.45) is -6.15. The highest BCUT2D eigenvalue weighted by Crippen LogP contribution is 2.35. The molecule has 3 aromatic rings. The Morgan fingerprint density at radius 3 is 2.14 bits per heavy atom. The SMILES string of the molecule is COc1ccc(C(F)(F)F)cc1NC(=O)C(OC(=O)CNC(=O)c1ccccc1)c1ccccc1. The van der Waals surface area contributed by atoms with Crippen molar-refractivity contribution in [1.29, 1.82) is 0 Å². The number of alkyl halides is 3. The second kappa shape index (κ2) is 11.2. The average molecular weight is 486 g/mol. The quantitative estimate of drug-likeness (QED) is 0.462. The Morgan fingerprint density at radius 2 is 1.54 bits per heavy atom. The molecule has 7 nitrogen and oxygen atoms in total. The van der Waals surface area contributed by atoms with Gasteiger partial charge in [-0.05, 0) is 30.3 Å². The summed E-state index contributed by atoms with van der Waals surface area (Å²) in [5, 5.41) is 4.74. The summed E-state index contributed by atoms with van der Waals surface area (Å²) < 4.78 is 49.8. The summed E-state index contributed by atoms with van der Waals surface area (Å²) in [4.78, 5) is 37.6. The summed E-state index contributed by atoms with van der Waals surface area (Å²) in [6, 6.07) is 18.7. The molecule has 2 amide bonds. The van der Waals surface area contributed by atoms with Crippen molar-refractivity contribution in [3.05, 3.63) is 95.6 Å². The van der Waals surface area contributed by atoms with Gasteiger partial charge in [-0.2, -0.15) is 13.2 Å². The highest BCUT2D eigenvalue weighted by molar-refractivity contribution is 5.98. The lowest BCUT2D eigenvalue weighted by atomic mass is 10.1. The molecular formula is C25H21F3N2O5. The zero-order valence-electron chi connectivity index (χ0n) is 18.5. The van der Waals surface area contributed by atoms with E-state index >= 15 is 0 Å². The maximum absolute atomic E-state index is 13.2. The van der Waals surface area contributed by atoms with Crippen LogP contribution in [0.4, 0.5) is 18.9 Å². The van der Waals surface area contributed by atoms with E-state index in [1.165, 1.54) is 19.2 Å². The fourth-order valence-electron chi connectivity index (χ4n) is 3.10. The summed E-state index contributed by atoms with van der Waals surface area (Å²) in [5.74, 6) is -2.36. The van der Waals surface area contributed by atoms with Gasteiger partial charge < -0.3 is 20.1 Å². The van der Waals surface area contributed by atoms with Crippen molar-refractivity contribution in [2.45, 2.75) is 12.3 Å². The molecule has 3 aromatic carbocycles. The molecule has 35 heavy (non-hydrogen) atoms. The number of rotatable bonds is 8. The summed E-state index contributed by atoms with van der Waals surface area (Å²) >= 11 is 0. The predicted molar refractivity (Wildman–Crippen MR) is 121 cm³/mol. The lowest BCUT2D eigenvalue weighted by molar-refractivity contribution is -0.153. The Kier molecular flexibility index (Phi) is 8.08. The van der Waals surface area contributed by atoms with E-state index in [1.807, 2.05) is 0 Å². The topological polar surface area (TPSA) is 93.7 Å². The maximum Gasteiger partial charge on any atom is 0.416 e. The number of nitrogens with one attached hydrogen (secondary N) is 2. The summed E-state index contributed by atoms with van der Waals surface area (Å²) in [7, 11) is 1.24. The first-order valence-electron chi connectivity index (χ1n) is 10.3. The zero-order chi connectivity index (χ0) is 25.4. The van der Waals surface area contributed by atoms with Gasteiger partial charge in [0.2, 0.25) is 6.10 Å². The van der Waals surface area contributed by atoms with Gasteiger partial charge in [-0.15, -0.1) is 0 Å². The molecular weight excluding hydrogens is 465 g/mol. The third-order valence-electron chi connectivity index (χ3n) is 4.80. The molecule has 0 spiro atoms. The third kappa shape index (κ3) is 6.83. The number of hydrogen-bond donors (Lipinski definition) is 2. The molecule has 3 rings (SSSR count). The van der Waals surface area contributed by atoms with Crippen molar-refractivity contribution < 1.29 is 37.0 Å². The minimum Gasteiger partial charge on any atom is -0.495 e. The highest BCUT2D eigenvalue weighted by Gasteiger charge is 2.32. The number of carbonyl (C=O) groups is 3. The van der Waals surface area contributed by atoms with Crippen LogP contribution in [0, 0.1) is 0 Å². The predicted octanol–water partition coefficient (Wildman–Crippen LogP) is 4.37. The smallest absolute Gasteiger partial charge is 0.416 e. The standard InChI is InChI=1S/C25H21F3N2O5/c1-34-20-13-12-18(25(26,27)28)14-19(20)30-24(33)22(16-8-4-2-5-9-16)35-21(31)15-29-23(32)17-10-6-3-7-11-17/h2-14,22H,15H2,1H3,(H,29,32)(H,30,33). The van der Waals surface area contributed by atoms with Crippen molar-refractivity contribution in [2.75, 3.05) is 19.0 Å². The molecule has 1 atom stereocenters. The van der Waals surface area contributed by atoms with Crippen LogP contribution in [0.15, 0.2) is 78.9 Å². The third-order valence-corrected chi connectivity index (χ3v) is 4.80. The van der Waals surface area contributed by atoms with Crippen LogP contribution in [-0.4, -0.2) is 31.4 Å². The van der Waals surface area contributed by atoms with Gasteiger partial charge in [0.15, 0.2) is 0 Å². The van der Waals surface area contributed by atoms with Gasteiger partial charge in [0, 0.05) is 11.1 Å². The first-order valence-corrected chi connectivity index (χ1v) is 10.3. The van der Waals surface area contributed by atoms with Crippen LogP contribution < -0.4 is 15.4 Å². The van der Waals surface area contributed by atoms with Crippen molar-refractivity contribution >= 4 is 23.5 Å². The minimum atomic E-state index is -4.64. The lowest BCUT2D eigenvalue weighted by Crippen LogP contribution is -2.33. The Labute approximate surface area is 198 Å². The normalized spacial score (nSPS) is 11.8. The largest absolute Gasteiger partial charge is 0.495 e. The molecule has 182 valence electrons. The fourth-order valence-corrected chi connectivity index (χ4v) is 3.10. The first kappa shape index (κ1) is 25.3. The molecule has 0 heterocycles. The Hall–Kier alpha value is -4.34. The maximum atomic E-state index is 13.2. The van der Waals surface area contributed by atoms with E-state index in [-0.39, 0.29) is 17.0 Å². The number of ether oxygens (including phenoxy) is 2. The monoisotopic (exact) mass is 486 g/mol. The number of anilines is 1. The molecule has 0 radical (unpaired) electrons. The van der Waals surface area contributed by atoms with Crippen LogP contribution in [0.3, 0.4) is 0 Å². The van der Waals surface area contributed by atoms with Gasteiger partial charge in [0.1, 0.15) is 12.3 Å². The van der Waals surface area contributed by atoms with Crippen LogP contribution in [-0.2, 0) is 20.5 Å². The van der Waals surface area contributed by atoms with Crippen LogP contribution in [0.25, 0.3) is 0 Å². The molecule has 0 aliphatic heterocycles. The number of carbonyl (C=O) groups excluding carboxylic acids is 3. The van der Waals surface area contributed by atoms with Crippen LogP contribution in [0.1, 0.15) is 27.6 Å². The van der Waals surface area contributed by atoms with Crippen LogP contribution >= 0.6 is 0 Å². The Bertz CT molecular complexity index is 1180. The van der Waals surface area contributed by atoms with Gasteiger partial charge in [0.25, 0.3) is 11.8 Å². The van der Waals surface area contributed by atoms with Crippen LogP contribution in [0.2, 0.25) is 0 Å². The van der Waals surface area contributed by atoms with E-state index in [2.05, 4.69) is 10.6 Å². The van der Waals surface area contributed by atoms with Crippen molar-refractivity contribution in [2.24, 2.45) is 0 Å². The van der Waals surface area contributed by atoms with E-state index < -0.39 is 42.2 Å². The molecule has 0 bridgehead atoms. The van der Waals surface area contributed by atoms with E-state index in [9.17, 15) is 27.6 Å². The van der Waals surface area contributed by atoms with Gasteiger partial charge in [-0.1, -0.05) is 48.5 Å². The van der Waals surface area contributed by atoms with E-state index in [0.717, 1.165) is 18.2 Å². The number of halogens is 3. The van der Waals surface area contributed by atoms with Crippen molar-refractivity contribution in [3.63, 3.8) is 0 Å². The van der Waals surface area contributed by atoms with Crippen molar-refractivity contribution in [3.8, 4) is 5.75 Å². The van der Waals surface area contributed by atoms with E-state index in [0.29, 0.717) is 5.56 Å². The van der Waals surface area contributed by atoms with Crippen LogP contribution in [0.5, 0.6) is 5.75 Å². The molecule has 0 aliphatic rings. The number of hydrogen-bond acceptors (Lipinski definition) is 5. The molecule has 0 saturated heterocycles.